The number of aryl methyl sites for hydroxylation is 1. The van der Waals surface area contributed by atoms with Gasteiger partial charge in [-0.25, -0.2) is 4.79 Å². The third kappa shape index (κ3) is 3.56. The van der Waals surface area contributed by atoms with Gasteiger partial charge in [0.15, 0.2) is 0 Å². The summed E-state index contributed by atoms with van der Waals surface area (Å²) in [6.07, 6.45) is 2.58. The summed E-state index contributed by atoms with van der Waals surface area (Å²) in [7, 11) is 0. The van der Waals surface area contributed by atoms with Crippen LogP contribution in [-0.4, -0.2) is 21.7 Å². The molecule has 1 aromatic rings. The highest BCUT2D eigenvalue weighted by Crippen LogP contribution is 1.86. The molecule has 1 rings (SSSR count). The second-order valence-corrected chi connectivity index (χ2v) is 4.14. The largest absolute Gasteiger partial charge is 0.330 e. The molecule has 0 aliphatic carbocycles. The summed E-state index contributed by atoms with van der Waals surface area (Å²) in [6, 6.07) is 1.84. The Morgan fingerprint density at radius 1 is 1.35 bits per heavy atom. The maximum absolute atomic E-state index is 11.9. The molecule has 1 atom stereocenters. The fraction of sp³-hybridized carbons (Fsp3) is 0.667. The summed E-state index contributed by atoms with van der Waals surface area (Å²) in [5.74, 6) is 0. The zero-order valence-corrected chi connectivity index (χ0v) is 10.8. The van der Waals surface area contributed by atoms with Crippen LogP contribution in [0, 0.1) is 0 Å². The van der Waals surface area contributed by atoms with E-state index in [2.05, 4.69) is 19.2 Å². The number of nitrogens with one attached hydrogen (secondary N) is 1. The molecule has 0 radical (unpaired) electrons. The molecule has 5 heteroatoms. The van der Waals surface area contributed by atoms with Crippen LogP contribution in [0.3, 0.4) is 0 Å². The lowest BCUT2D eigenvalue weighted by Crippen LogP contribution is -2.41. The van der Waals surface area contributed by atoms with Gasteiger partial charge in [-0.1, -0.05) is 6.92 Å². The Morgan fingerprint density at radius 2 is 2.06 bits per heavy atom. The van der Waals surface area contributed by atoms with E-state index in [9.17, 15) is 9.59 Å². The van der Waals surface area contributed by atoms with Crippen LogP contribution in [0.1, 0.15) is 27.2 Å². The highest BCUT2D eigenvalue weighted by Gasteiger charge is 2.04. The smallest absolute Gasteiger partial charge is 0.312 e. The average molecular weight is 239 g/mol. The predicted octanol–water partition coefficient (Wildman–Crippen LogP) is 0.418. The van der Waals surface area contributed by atoms with Crippen molar-refractivity contribution in [1.82, 2.24) is 14.5 Å². The summed E-state index contributed by atoms with van der Waals surface area (Å²) >= 11 is 0. The van der Waals surface area contributed by atoms with E-state index in [0.717, 1.165) is 6.42 Å². The third-order valence-electron chi connectivity index (χ3n) is 2.92. The molecule has 5 nitrogen and oxygen atoms in total. The molecule has 1 heterocycles. The number of aromatic nitrogens is 2. The Balaban J connectivity index is 2.77. The van der Waals surface area contributed by atoms with Gasteiger partial charge < -0.3 is 9.88 Å². The monoisotopic (exact) mass is 239 g/mol. The molecule has 0 spiro atoms. The molecule has 96 valence electrons. The van der Waals surface area contributed by atoms with Crippen LogP contribution in [0.25, 0.3) is 0 Å². The molecule has 0 fully saturated rings. The summed E-state index contributed by atoms with van der Waals surface area (Å²) in [6.45, 7) is 7.70. The van der Waals surface area contributed by atoms with E-state index < -0.39 is 0 Å². The van der Waals surface area contributed by atoms with E-state index in [0.29, 0.717) is 25.7 Å². The predicted molar refractivity (Wildman–Crippen MR) is 68.4 cm³/mol. The number of nitrogens with zero attached hydrogens (tertiary/aromatic N) is 2. The van der Waals surface area contributed by atoms with Crippen molar-refractivity contribution >= 4 is 0 Å². The quantitative estimate of drug-likeness (QED) is 0.782. The average Bonchev–Trinajstić information content (AvgIpc) is 2.33. The molecule has 0 aliphatic rings. The molecule has 17 heavy (non-hydrogen) atoms. The molecule has 1 N–H and O–H groups in total. The zero-order chi connectivity index (χ0) is 12.8. The van der Waals surface area contributed by atoms with E-state index in [1.807, 2.05) is 6.92 Å². The second-order valence-electron chi connectivity index (χ2n) is 4.14. The van der Waals surface area contributed by atoms with Crippen LogP contribution >= 0.6 is 0 Å². The van der Waals surface area contributed by atoms with Crippen LogP contribution in [-0.2, 0) is 13.1 Å². The lowest BCUT2D eigenvalue weighted by Gasteiger charge is -2.12. The van der Waals surface area contributed by atoms with Crippen molar-refractivity contribution < 1.29 is 0 Å². The van der Waals surface area contributed by atoms with Gasteiger partial charge in [0.2, 0.25) is 0 Å². The van der Waals surface area contributed by atoms with Crippen molar-refractivity contribution in [3.63, 3.8) is 0 Å². The Hall–Kier alpha value is -1.36. The highest BCUT2D eigenvalue weighted by molar-refractivity contribution is 4.86. The Bertz CT molecular complexity index is 462. The van der Waals surface area contributed by atoms with Crippen molar-refractivity contribution in [3.8, 4) is 0 Å². The molecule has 1 aromatic heterocycles. The van der Waals surface area contributed by atoms with Gasteiger partial charge in [-0.3, -0.25) is 9.36 Å². The van der Waals surface area contributed by atoms with Crippen molar-refractivity contribution in [1.29, 1.82) is 0 Å². The second kappa shape index (κ2) is 6.39. The fourth-order valence-electron chi connectivity index (χ4n) is 1.57. The number of rotatable bonds is 6. The first-order valence-corrected chi connectivity index (χ1v) is 6.13. The van der Waals surface area contributed by atoms with Gasteiger partial charge in [0.1, 0.15) is 0 Å². The van der Waals surface area contributed by atoms with Crippen LogP contribution in [0.15, 0.2) is 21.9 Å². The number of hydrogen-bond acceptors (Lipinski definition) is 3. The van der Waals surface area contributed by atoms with Crippen molar-refractivity contribution in [2.24, 2.45) is 0 Å². The van der Waals surface area contributed by atoms with Gasteiger partial charge >= 0.3 is 5.69 Å². The SMILES string of the molecule is CCC(C)NCCn1c(=O)ccn(CC)c1=O. The summed E-state index contributed by atoms with van der Waals surface area (Å²) in [5.41, 5.74) is -0.461. The summed E-state index contributed by atoms with van der Waals surface area (Å²) < 4.78 is 2.81. The first-order chi connectivity index (χ1) is 8.10. The Morgan fingerprint density at radius 3 is 2.65 bits per heavy atom. The number of hydrogen-bond donors (Lipinski definition) is 1. The van der Waals surface area contributed by atoms with Crippen LogP contribution < -0.4 is 16.6 Å². The van der Waals surface area contributed by atoms with E-state index in [-0.39, 0.29) is 11.2 Å². The molecule has 0 aromatic carbocycles. The van der Waals surface area contributed by atoms with Crippen molar-refractivity contribution in [3.05, 3.63) is 33.1 Å². The Kier molecular flexibility index (Phi) is 5.15. The lowest BCUT2D eigenvalue weighted by molar-refractivity contribution is 0.480. The van der Waals surface area contributed by atoms with Gasteiger partial charge in [0.25, 0.3) is 5.56 Å². The molecule has 0 saturated carbocycles. The third-order valence-corrected chi connectivity index (χ3v) is 2.92. The van der Waals surface area contributed by atoms with Gasteiger partial charge in [-0.2, -0.15) is 0 Å². The Labute approximate surface area is 101 Å². The minimum Gasteiger partial charge on any atom is -0.312 e. The zero-order valence-electron chi connectivity index (χ0n) is 10.8. The molecular formula is C12H21N3O2. The van der Waals surface area contributed by atoms with Gasteiger partial charge in [0.05, 0.1) is 0 Å². The molecule has 0 bridgehead atoms. The first kappa shape index (κ1) is 13.7. The molecule has 0 aliphatic heterocycles. The van der Waals surface area contributed by atoms with Crippen molar-refractivity contribution in [2.75, 3.05) is 6.54 Å². The van der Waals surface area contributed by atoms with Crippen LogP contribution in [0.5, 0.6) is 0 Å². The van der Waals surface area contributed by atoms with E-state index in [4.69, 9.17) is 0 Å². The maximum atomic E-state index is 11.9. The van der Waals surface area contributed by atoms with E-state index >= 15 is 0 Å². The first-order valence-electron chi connectivity index (χ1n) is 6.13. The van der Waals surface area contributed by atoms with Gasteiger partial charge in [-0.05, 0) is 20.3 Å². The molecule has 0 amide bonds. The standard InChI is InChI=1S/C12H21N3O2/c1-4-10(3)13-7-9-15-11(16)6-8-14(5-2)12(15)17/h6,8,10,13H,4-5,7,9H2,1-3H3. The van der Waals surface area contributed by atoms with E-state index in [1.165, 1.54) is 15.2 Å². The topological polar surface area (TPSA) is 56.0 Å². The highest BCUT2D eigenvalue weighted by atomic mass is 16.2. The molecular weight excluding hydrogens is 218 g/mol. The van der Waals surface area contributed by atoms with Crippen molar-refractivity contribution in [2.45, 2.75) is 46.3 Å². The normalized spacial score (nSPS) is 12.6. The molecule has 0 saturated heterocycles. The summed E-state index contributed by atoms with van der Waals surface area (Å²) in [4.78, 5) is 23.4. The summed E-state index contributed by atoms with van der Waals surface area (Å²) in [5, 5.41) is 3.26. The minimum atomic E-state index is -0.231. The van der Waals surface area contributed by atoms with Crippen LogP contribution in [0.4, 0.5) is 0 Å². The maximum Gasteiger partial charge on any atom is 0.330 e. The van der Waals surface area contributed by atoms with E-state index in [1.54, 1.807) is 6.20 Å². The van der Waals surface area contributed by atoms with Gasteiger partial charge in [0, 0.05) is 37.9 Å². The lowest BCUT2D eigenvalue weighted by atomic mass is 10.2. The van der Waals surface area contributed by atoms with Gasteiger partial charge in [-0.15, -0.1) is 0 Å². The minimum absolute atomic E-state index is 0.231. The van der Waals surface area contributed by atoms with Crippen LogP contribution in [0.2, 0.25) is 0 Å². The molecule has 1 unspecified atom stereocenters. The fourth-order valence-corrected chi connectivity index (χ4v) is 1.57.